The lowest BCUT2D eigenvalue weighted by Gasteiger charge is -2.35. The quantitative estimate of drug-likeness (QED) is 0.860. The van der Waals surface area contributed by atoms with E-state index < -0.39 is 11.7 Å². The summed E-state index contributed by atoms with van der Waals surface area (Å²) < 4.78 is 38.4. The molecule has 0 heterocycles. The molecule has 1 nitrogen and oxygen atoms in total. The maximum atomic E-state index is 12.8. The van der Waals surface area contributed by atoms with E-state index in [0.29, 0.717) is 30.7 Å². The van der Waals surface area contributed by atoms with Gasteiger partial charge in [-0.2, -0.15) is 13.2 Å². The zero-order chi connectivity index (χ0) is 15.5. The predicted molar refractivity (Wildman–Crippen MR) is 78.8 cm³/mol. The predicted octanol–water partition coefficient (Wildman–Crippen LogP) is 4.65. The van der Waals surface area contributed by atoms with Crippen molar-refractivity contribution < 1.29 is 13.2 Å². The maximum absolute atomic E-state index is 12.8. The van der Waals surface area contributed by atoms with Gasteiger partial charge in [0.1, 0.15) is 0 Å². The van der Waals surface area contributed by atoms with Crippen molar-refractivity contribution in [1.82, 2.24) is 0 Å². The fourth-order valence-corrected chi connectivity index (χ4v) is 3.53. The third kappa shape index (κ3) is 4.22. The van der Waals surface area contributed by atoms with E-state index in [0.717, 1.165) is 30.9 Å². The number of rotatable bonds is 4. The first kappa shape index (κ1) is 16.3. The van der Waals surface area contributed by atoms with Crippen molar-refractivity contribution >= 4 is 0 Å². The van der Waals surface area contributed by atoms with Gasteiger partial charge in [-0.15, -0.1) is 0 Å². The minimum Gasteiger partial charge on any atom is -0.330 e. The highest BCUT2D eigenvalue weighted by Crippen LogP contribution is 2.37. The first-order valence-electron chi connectivity index (χ1n) is 7.80. The Morgan fingerprint density at radius 2 is 1.95 bits per heavy atom. The van der Waals surface area contributed by atoms with E-state index in [1.165, 1.54) is 18.6 Å². The molecule has 21 heavy (non-hydrogen) atoms. The van der Waals surface area contributed by atoms with E-state index in [-0.39, 0.29) is 0 Å². The lowest BCUT2D eigenvalue weighted by molar-refractivity contribution is -0.137. The second-order valence-corrected chi connectivity index (χ2v) is 6.25. The number of nitrogens with two attached hydrogens (primary N) is 1. The van der Waals surface area contributed by atoms with Crippen molar-refractivity contribution in [2.75, 3.05) is 6.54 Å². The van der Waals surface area contributed by atoms with Crippen LogP contribution >= 0.6 is 0 Å². The summed E-state index contributed by atoms with van der Waals surface area (Å²) in [7, 11) is 0. The molecular formula is C17H24F3N. The Bertz CT molecular complexity index is 456. The van der Waals surface area contributed by atoms with Crippen LogP contribution in [-0.2, 0) is 12.6 Å². The summed E-state index contributed by atoms with van der Waals surface area (Å²) in [5.74, 6) is 1.56. The molecule has 0 aliphatic heterocycles. The average Bonchev–Trinajstić information content (AvgIpc) is 2.46. The van der Waals surface area contributed by atoms with E-state index in [1.807, 2.05) is 0 Å². The van der Waals surface area contributed by atoms with Gasteiger partial charge in [-0.3, -0.25) is 0 Å². The molecule has 2 rings (SSSR count). The molecule has 4 heteroatoms. The molecule has 0 radical (unpaired) electrons. The molecule has 1 aromatic rings. The summed E-state index contributed by atoms with van der Waals surface area (Å²) in [6, 6.07) is 5.75. The summed E-state index contributed by atoms with van der Waals surface area (Å²) in [5, 5.41) is 0. The summed E-state index contributed by atoms with van der Waals surface area (Å²) in [6.45, 7) is 2.83. The van der Waals surface area contributed by atoms with E-state index in [9.17, 15) is 13.2 Å². The molecule has 0 aromatic heterocycles. The Kier molecular flexibility index (Phi) is 5.31. The summed E-state index contributed by atoms with van der Waals surface area (Å²) in [6.07, 6.45) is 1.01. The molecule has 1 aliphatic rings. The number of hydrogen-bond donors (Lipinski definition) is 1. The van der Waals surface area contributed by atoms with E-state index >= 15 is 0 Å². The van der Waals surface area contributed by atoms with Crippen molar-refractivity contribution in [1.29, 1.82) is 0 Å². The molecule has 0 bridgehead atoms. The third-order valence-corrected chi connectivity index (χ3v) is 4.88. The average molecular weight is 299 g/mol. The second-order valence-electron chi connectivity index (χ2n) is 6.25. The molecule has 1 aliphatic carbocycles. The van der Waals surface area contributed by atoms with Crippen molar-refractivity contribution in [3.63, 3.8) is 0 Å². The summed E-state index contributed by atoms with van der Waals surface area (Å²) in [5.41, 5.74) is 6.09. The number of halogens is 3. The summed E-state index contributed by atoms with van der Waals surface area (Å²) >= 11 is 0. The van der Waals surface area contributed by atoms with Crippen LogP contribution in [0.4, 0.5) is 13.2 Å². The van der Waals surface area contributed by atoms with Gasteiger partial charge in [0.25, 0.3) is 0 Å². The van der Waals surface area contributed by atoms with Gasteiger partial charge in [-0.1, -0.05) is 38.0 Å². The van der Waals surface area contributed by atoms with E-state index in [2.05, 4.69) is 6.92 Å². The summed E-state index contributed by atoms with van der Waals surface area (Å²) in [4.78, 5) is 0. The Labute approximate surface area is 124 Å². The van der Waals surface area contributed by atoms with Crippen LogP contribution in [0.2, 0.25) is 0 Å². The van der Waals surface area contributed by atoms with Gasteiger partial charge in [-0.25, -0.2) is 0 Å². The molecule has 2 N–H and O–H groups in total. The highest BCUT2D eigenvalue weighted by Gasteiger charge is 2.32. The van der Waals surface area contributed by atoms with Crippen LogP contribution in [0.25, 0.3) is 0 Å². The van der Waals surface area contributed by atoms with Crippen LogP contribution < -0.4 is 5.73 Å². The fraction of sp³-hybridized carbons (Fsp3) is 0.647. The van der Waals surface area contributed by atoms with Crippen molar-refractivity contribution in [2.45, 2.75) is 45.2 Å². The zero-order valence-electron chi connectivity index (χ0n) is 12.5. The molecule has 3 atom stereocenters. The van der Waals surface area contributed by atoms with Gasteiger partial charge in [0, 0.05) is 0 Å². The van der Waals surface area contributed by atoms with Crippen LogP contribution in [0, 0.1) is 17.8 Å². The monoisotopic (exact) mass is 299 g/mol. The highest BCUT2D eigenvalue weighted by molar-refractivity contribution is 5.26. The fourth-order valence-electron chi connectivity index (χ4n) is 3.53. The van der Waals surface area contributed by atoms with E-state index in [4.69, 9.17) is 5.73 Å². The lowest BCUT2D eigenvalue weighted by atomic mass is 9.71. The topological polar surface area (TPSA) is 26.0 Å². The SMILES string of the molecule is CCC1CCC(CN)C(Cc2cccc(C(F)(F)F)c2)C1. The van der Waals surface area contributed by atoms with Crippen molar-refractivity contribution in [3.05, 3.63) is 35.4 Å². The smallest absolute Gasteiger partial charge is 0.330 e. The number of benzene rings is 1. The Morgan fingerprint density at radius 1 is 1.19 bits per heavy atom. The second kappa shape index (κ2) is 6.82. The van der Waals surface area contributed by atoms with Gasteiger partial charge in [-0.05, 0) is 55.2 Å². The molecule has 0 spiro atoms. The van der Waals surface area contributed by atoms with Crippen LogP contribution in [0.3, 0.4) is 0 Å². The van der Waals surface area contributed by atoms with Gasteiger partial charge < -0.3 is 5.73 Å². The Balaban J connectivity index is 2.11. The van der Waals surface area contributed by atoms with Gasteiger partial charge >= 0.3 is 6.18 Å². The first-order chi connectivity index (χ1) is 9.94. The molecule has 118 valence electrons. The van der Waals surface area contributed by atoms with Crippen molar-refractivity contribution in [3.8, 4) is 0 Å². The minimum absolute atomic E-state index is 0.414. The molecular weight excluding hydrogens is 275 g/mol. The van der Waals surface area contributed by atoms with Crippen LogP contribution in [0.1, 0.15) is 43.7 Å². The standard InChI is InChI=1S/C17H24F3N/c1-2-12-6-7-14(11-21)15(8-12)9-13-4-3-5-16(10-13)17(18,19)20/h3-5,10,12,14-15H,2,6-9,11,21H2,1H3. The zero-order valence-corrected chi connectivity index (χ0v) is 12.5. The van der Waals surface area contributed by atoms with Crippen molar-refractivity contribution in [2.24, 2.45) is 23.5 Å². The van der Waals surface area contributed by atoms with Gasteiger partial charge in [0.2, 0.25) is 0 Å². The van der Waals surface area contributed by atoms with Crippen LogP contribution in [0.15, 0.2) is 24.3 Å². The normalized spacial score (nSPS) is 26.8. The van der Waals surface area contributed by atoms with Gasteiger partial charge in [0.15, 0.2) is 0 Å². The number of alkyl halides is 3. The van der Waals surface area contributed by atoms with Gasteiger partial charge in [0.05, 0.1) is 5.56 Å². The van der Waals surface area contributed by atoms with Crippen LogP contribution in [0.5, 0.6) is 0 Å². The molecule has 1 aromatic carbocycles. The number of hydrogen-bond acceptors (Lipinski definition) is 1. The molecule has 0 saturated heterocycles. The third-order valence-electron chi connectivity index (χ3n) is 4.88. The minimum atomic E-state index is -4.26. The lowest BCUT2D eigenvalue weighted by Crippen LogP contribution is -2.31. The molecule has 1 fully saturated rings. The maximum Gasteiger partial charge on any atom is 0.416 e. The Morgan fingerprint density at radius 3 is 2.57 bits per heavy atom. The first-order valence-corrected chi connectivity index (χ1v) is 7.80. The van der Waals surface area contributed by atoms with E-state index in [1.54, 1.807) is 6.07 Å². The molecule has 3 unspecified atom stereocenters. The Hall–Kier alpha value is -1.03. The molecule has 1 saturated carbocycles. The highest BCUT2D eigenvalue weighted by atomic mass is 19.4. The van der Waals surface area contributed by atoms with Crippen LogP contribution in [-0.4, -0.2) is 6.54 Å². The molecule has 0 amide bonds. The largest absolute Gasteiger partial charge is 0.416 e.